The summed E-state index contributed by atoms with van der Waals surface area (Å²) in [6.07, 6.45) is 2.37. The van der Waals surface area contributed by atoms with E-state index < -0.39 is 169 Å². The molecule has 0 spiro atoms. The molecule has 0 saturated heterocycles. The lowest BCUT2D eigenvalue weighted by atomic mass is 9.96. The Balaban J connectivity index is 1.92. The number of carbonyl (C=O) groups excluding carboxylic acids is 11. The lowest BCUT2D eigenvalue weighted by molar-refractivity contribution is -0.139. The molecule has 35 nitrogen and oxygen atoms in total. The Hall–Kier alpha value is -10.4. The van der Waals surface area contributed by atoms with Gasteiger partial charge < -0.3 is 107 Å². The van der Waals surface area contributed by atoms with Crippen LogP contribution in [0.4, 0.5) is 0 Å². The number of nitrogens with two attached hydrogens (primary N) is 4. The summed E-state index contributed by atoms with van der Waals surface area (Å²) >= 11 is 0. The topological polar surface area (TPSA) is 586 Å². The molecule has 564 valence electrons. The monoisotopic (exact) mass is 1430 g/mol. The zero-order chi connectivity index (χ0) is 76.2. The van der Waals surface area contributed by atoms with E-state index in [1.165, 1.54) is 6.92 Å². The lowest BCUT2D eigenvalue weighted by Gasteiger charge is -2.29. The van der Waals surface area contributed by atoms with E-state index in [2.05, 4.69) is 74.1 Å². The number of H-pyrrole nitrogens is 1. The third-order valence-corrected chi connectivity index (χ3v) is 16.5. The van der Waals surface area contributed by atoms with Gasteiger partial charge in [0, 0.05) is 49.5 Å². The van der Waals surface area contributed by atoms with Crippen molar-refractivity contribution in [2.45, 2.75) is 192 Å². The van der Waals surface area contributed by atoms with Crippen LogP contribution in [0, 0.1) is 28.6 Å². The second-order valence-corrected chi connectivity index (χ2v) is 25.8. The van der Waals surface area contributed by atoms with Gasteiger partial charge in [-0.3, -0.25) is 73.1 Å². The number of aromatic nitrogens is 1. The minimum absolute atomic E-state index is 0.00297. The highest BCUT2D eigenvalue weighted by Crippen LogP contribution is 2.21. The van der Waals surface area contributed by atoms with Crippen LogP contribution in [0.5, 0.6) is 0 Å². The van der Waals surface area contributed by atoms with Crippen LogP contribution in [0.15, 0.2) is 60.8 Å². The number of guanidine groups is 2. The van der Waals surface area contributed by atoms with E-state index in [0.717, 1.165) is 0 Å². The summed E-state index contributed by atoms with van der Waals surface area (Å²) in [6, 6.07) is 2.27. The fourth-order valence-corrected chi connectivity index (χ4v) is 10.6. The summed E-state index contributed by atoms with van der Waals surface area (Å²) in [6.45, 7) is 10.7. The molecule has 1 aromatic heterocycles. The molecule has 0 fully saturated rings. The minimum Gasteiger partial charge on any atom is -0.481 e. The molecule has 3 rings (SSSR count). The Morgan fingerprint density at radius 2 is 0.990 bits per heavy atom. The number of carboxylic acid groups (broad SMARTS) is 2. The molecular formula is C67H106N20O15. The summed E-state index contributed by atoms with van der Waals surface area (Å²) in [7, 11) is 0. The van der Waals surface area contributed by atoms with Gasteiger partial charge in [0.2, 0.25) is 65.0 Å². The smallest absolute Gasteiger partial charge is 0.322 e. The Bertz CT molecular complexity index is 3330. The average Bonchev–Trinajstić information content (AvgIpc) is 1.63. The summed E-state index contributed by atoms with van der Waals surface area (Å²) in [5, 5.41) is 67.9. The number of carbonyl (C=O) groups is 13. The van der Waals surface area contributed by atoms with Crippen LogP contribution in [-0.2, 0) is 75.2 Å². The van der Waals surface area contributed by atoms with Crippen molar-refractivity contribution in [3.05, 3.63) is 71.9 Å². The van der Waals surface area contributed by atoms with Gasteiger partial charge in [0.25, 0.3) is 0 Å². The molecule has 0 unspecified atom stereocenters. The third kappa shape index (κ3) is 31.4. The Morgan fingerprint density at radius 1 is 0.490 bits per heavy atom. The molecule has 1 heterocycles. The highest BCUT2D eigenvalue weighted by atomic mass is 16.4. The number of hydrogen-bond donors (Lipinski definition) is 22. The van der Waals surface area contributed by atoms with Crippen LogP contribution in [0.2, 0.25) is 0 Å². The molecule has 11 amide bonds. The van der Waals surface area contributed by atoms with E-state index in [1.54, 1.807) is 102 Å². The van der Waals surface area contributed by atoms with Crippen molar-refractivity contribution in [3.8, 4) is 0 Å². The standard InChI is InChI=1S/C67H106N20O15/c1-8-38(6)55(87-63(100)49(31-40-18-10-9-11-19-40)85-60(97)47(25-26-52(89)90)81-57(94)43(69)21-14-15-27-68)65(102)79-39(7)56(93)83-50(32-41-33-76-44-22-13-12-20-42(41)44)61(98)84-48(30-36(2)3)62(99)86-54(37(4)5)64(101)82-46(24-17-29-75-67(72)73)59(96)77-34-51(88)80-45(23-16-28-74-66(70)71)58(95)78-35-53(91)92/h9-13,18-20,22,33,36-39,43,45-50,54-55,76H,8,14-17,21,23-32,34-35,68-69H2,1-7H3,(H,77,96)(H,78,95)(H,79,102)(H,80,88)(H,81,94)(H,82,101)(H,83,93)(H,84,98)(H,85,97)(H,86,99)(H,87,100)(H,89,90)(H,91,92)(H4,70,71,74)(H4,72,73,75)/t38-,39-,43-,45-,46-,47-,48-,49-,50-,54-,55-/m0/s1. The van der Waals surface area contributed by atoms with Crippen molar-refractivity contribution in [1.29, 1.82) is 10.8 Å². The van der Waals surface area contributed by atoms with E-state index in [4.69, 9.17) is 38.9 Å². The molecule has 0 bridgehead atoms. The Morgan fingerprint density at radius 3 is 1.57 bits per heavy atom. The quantitative estimate of drug-likeness (QED) is 0.0155. The van der Waals surface area contributed by atoms with Gasteiger partial charge in [-0.2, -0.15) is 0 Å². The van der Waals surface area contributed by atoms with Gasteiger partial charge in [0.15, 0.2) is 11.9 Å². The van der Waals surface area contributed by atoms with Crippen LogP contribution in [0.3, 0.4) is 0 Å². The van der Waals surface area contributed by atoms with Gasteiger partial charge in [-0.1, -0.05) is 103 Å². The number of rotatable bonds is 47. The Kier molecular flexibility index (Phi) is 37.5. The maximum absolute atomic E-state index is 14.9. The van der Waals surface area contributed by atoms with Gasteiger partial charge in [-0.05, 0) is 99.8 Å². The van der Waals surface area contributed by atoms with Crippen LogP contribution in [-0.4, -0.2) is 197 Å². The van der Waals surface area contributed by atoms with Crippen LogP contribution in [0.25, 0.3) is 10.9 Å². The van der Waals surface area contributed by atoms with Crippen molar-refractivity contribution < 1.29 is 72.5 Å². The molecule has 0 radical (unpaired) electrons. The van der Waals surface area contributed by atoms with Gasteiger partial charge in [0.1, 0.15) is 60.9 Å². The predicted molar refractivity (Wildman–Crippen MR) is 379 cm³/mol. The van der Waals surface area contributed by atoms with Crippen LogP contribution < -0.4 is 92.1 Å². The number of hydrogen-bond acceptors (Lipinski definition) is 17. The number of aliphatic carboxylic acids is 2. The molecule has 3 aromatic rings. The minimum atomic E-state index is -1.44. The third-order valence-electron chi connectivity index (χ3n) is 16.5. The summed E-state index contributed by atoms with van der Waals surface area (Å²) in [5.41, 5.74) is 24.4. The fraction of sp³-hybridized carbons (Fsp3) is 0.567. The van der Waals surface area contributed by atoms with E-state index in [1.807, 2.05) is 0 Å². The molecule has 0 aliphatic rings. The first-order valence-electron chi connectivity index (χ1n) is 34.2. The second-order valence-electron chi connectivity index (χ2n) is 25.8. The molecule has 0 saturated carbocycles. The molecule has 11 atom stereocenters. The fourth-order valence-electron chi connectivity index (χ4n) is 10.6. The number of benzene rings is 2. The first kappa shape index (κ1) is 85.8. The number of fused-ring (bicyclic) bond motifs is 1. The summed E-state index contributed by atoms with van der Waals surface area (Å²) < 4.78 is 0. The van der Waals surface area contributed by atoms with Crippen molar-refractivity contribution in [2.24, 2.45) is 40.7 Å². The van der Waals surface area contributed by atoms with Crippen LogP contribution >= 0.6 is 0 Å². The van der Waals surface area contributed by atoms with Crippen LogP contribution in [0.1, 0.15) is 130 Å². The SMILES string of the molecule is CC[C@H](C)[C@H](NC(=O)[C@H](Cc1ccccc1)NC(=O)[C@H](CCC(=O)O)NC(=O)[C@@H](N)CCCCN)C(=O)N[C@@H](C)C(=O)N[C@@H](Cc1c[nH]c2ccccc12)C(=O)N[C@@H](CC(C)C)C(=O)N[C@H](C(=O)N[C@@H](CCCNC(=N)N)C(=O)NCC(=O)N[C@@H](CCCNC(=N)N)C(=O)NCC(=O)O)C(C)C. The first-order chi connectivity index (χ1) is 48.2. The van der Waals surface area contributed by atoms with Crippen molar-refractivity contribution >= 4 is 99.7 Å². The largest absolute Gasteiger partial charge is 0.481 e. The predicted octanol–water partition coefficient (Wildman–Crippen LogP) is -2.75. The molecule has 35 heteroatoms. The van der Waals surface area contributed by atoms with E-state index >= 15 is 0 Å². The van der Waals surface area contributed by atoms with E-state index in [-0.39, 0.29) is 88.7 Å². The van der Waals surface area contributed by atoms with E-state index in [0.29, 0.717) is 47.8 Å². The van der Waals surface area contributed by atoms with E-state index in [9.17, 15) is 67.4 Å². The maximum atomic E-state index is 14.9. The zero-order valence-corrected chi connectivity index (χ0v) is 59.0. The first-order valence-corrected chi connectivity index (χ1v) is 34.2. The molecule has 0 aliphatic carbocycles. The molecule has 26 N–H and O–H groups in total. The normalized spacial score (nSPS) is 14.3. The number of aromatic amines is 1. The summed E-state index contributed by atoms with van der Waals surface area (Å²) in [4.78, 5) is 181. The molecule has 0 aliphatic heterocycles. The number of para-hydroxylation sites is 1. The highest BCUT2D eigenvalue weighted by molar-refractivity contribution is 5.99. The Labute approximate surface area is 592 Å². The highest BCUT2D eigenvalue weighted by Gasteiger charge is 2.37. The average molecular weight is 1430 g/mol. The lowest BCUT2D eigenvalue weighted by Crippen LogP contribution is -2.61. The van der Waals surface area contributed by atoms with Gasteiger partial charge in [-0.25, -0.2) is 0 Å². The van der Waals surface area contributed by atoms with Gasteiger partial charge >= 0.3 is 11.9 Å². The van der Waals surface area contributed by atoms with Gasteiger partial charge in [0.05, 0.1) is 12.6 Å². The molecular weight excluding hydrogens is 1320 g/mol. The second kappa shape index (κ2) is 44.6. The number of unbranched alkanes of at least 4 members (excludes halogenated alkanes) is 1. The van der Waals surface area contributed by atoms with Crippen molar-refractivity contribution in [2.75, 3.05) is 32.7 Å². The summed E-state index contributed by atoms with van der Waals surface area (Å²) in [5.74, 6) is -14.1. The maximum Gasteiger partial charge on any atom is 0.322 e. The molecule has 2 aromatic carbocycles. The number of amides is 11. The zero-order valence-electron chi connectivity index (χ0n) is 59.0. The van der Waals surface area contributed by atoms with Gasteiger partial charge in [-0.15, -0.1) is 0 Å². The van der Waals surface area contributed by atoms with Crippen molar-refractivity contribution in [1.82, 2.24) is 74.1 Å². The number of carboxylic acids is 2. The molecule has 102 heavy (non-hydrogen) atoms. The van der Waals surface area contributed by atoms with Crippen molar-refractivity contribution in [3.63, 3.8) is 0 Å². The number of nitrogens with one attached hydrogen (secondary N) is 16.